The molecule has 0 spiro atoms. The van der Waals surface area contributed by atoms with Crippen LogP contribution < -0.4 is 15.4 Å². The summed E-state index contributed by atoms with van der Waals surface area (Å²) in [5.41, 5.74) is 2.73. The lowest BCUT2D eigenvalue weighted by Crippen LogP contribution is -2.29. The molecule has 0 bridgehead atoms. The number of ether oxygens (including phenoxy) is 1. The van der Waals surface area contributed by atoms with Gasteiger partial charge in [0.05, 0.1) is 18.8 Å². The lowest BCUT2D eigenvalue weighted by atomic mass is 10.1. The Bertz CT molecular complexity index is 683. The van der Waals surface area contributed by atoms with Crippen LogP contribution in [0.4, 0.5) is 5.69 Å². The van der Waals surface area contributed by atoms with Crippen molar-refractivity contribution in [3.05, 3.63) is 59.7 Å². The van der Waals surface area contributed by atoms with E-state index in [4.69, 9.17) is 4.74 Å². The molecule has 1 aliphatic rings. The van der Waals surface area contributed by atoms with Crippen LogP contribution in [0.5, 0.6) is 5.75 Å². The molecule has 4 heteroatoms. The van der Waals surface area contributed by atoms with Crippen LogP contribution in [0.25, 0.3) is 0 Å². The van der Waals surface area contributed by atoms with Gasteiger partial charge in [0.15, 0.2) is 5.78 Å². The summed E-state index contributed by atoms with van der Waals surface area (Å²) in [5, 5.41) is 6.52. The molecule has 1 unspecified atom stereocenters. The largest absolute Gasteiger partial charge is 0.482 e. The molecule has 23 heavy (non-hydrogen) atoms. The number of rotatable bonds is 5. The molecule has 1 heterocycles. The molecule has 0 radical (unpaired) electrons. The van der Waals surface area contributed by atoms with Crippen molar-refractivity contribution in [3.63, 3.8) is 0 Å². The van der Waals surface area contributed by atoms with Gasteiger partial charge in [0.1, 0.15) is 11.9 Å². The Hall–Kier alpha value is -2.33. The van der Waals surface area contributed by atoms with Gasteiger partial charge in [0.2, 0.25) is 0 Å². The highest BCUT2D eigenvalue weighted by molar-refractivity contribution is 5.98. The Morgan fingerprint density at radius 2 is 2.04 bits per heavy atom. The lowest BCUT2D eigenvalue weighted by Gasteiger charge is -2.28. The summed E-state index contributed by atoms with van der Waals surface area (Å²) in [6.07, 6.45) is -0.00661. The standard InChI is InChI=1S/C19H22N2O2/c1-13(2)20-11-17(22)15-8-9-18-16(10-15)21-12-19(23-18)14-6-4-3-5-7-14/h3-10,13,19-21H,11-12H2,1-2H3. The monoisotopic (exact) mass is 310 g/mol. The summed E-state index contributed by atoms with van der Waals surface area (Å²) in [6, 6.07) is 16.0. The highest BCUT2D eigenvalue weighted by Gasteiger charge is 2.21. The molecule has 0 saturated carbocycles. The third-order valence-electron chi connectivity index (χ3n) is 3.89. The molecular formula is C19H22N2O2. The zero-order chi connectivity index (χ0) is 16.2. The number of benzene rings is 2. The number of carbonyl (C=O) groups is 1. The van der Waals surface area contributed by atoms with Gasteiger partial charge in [-0.25, -0.2) is 0 Å². The minimum Gasteiger partial charge on any atom is -0.482 e. The highest BCUT2D eigenvalue weighted by Crippen LogP contribution is 2.34. The minimum absolute atomic E-state index is 0.00661. The van der Waals surface area contributed by atoms with Crippen molar-refractivity contribution in [2.75, 3.05) is 18.4 Å². The van der Waals surface area contributed by atoms with E-state index in [1.165, 1.54) is 0 Å². The van der Waals surface area contributed by atoms with Gasteiger partial charge in [-0.2, -0.15) is 0 Å². The molecule has 0 saturated heterocycles. The summed E-state index contributed by atoms with van der Waals surface area (Å²) in [7, 11) is 0. The third kappa shape index (κ3) is 3.71. The quantitative estimate of drug-likeness (QED) is 0.831. The Balaban J connectivity index is 1.72. The zero-order valence-corrected chi connectivity index (χ0v) is 13.5. The summed E-state index contributed by atoms with van der Waals surface area (Å²) >= 11 is 0. The van der Waals surface area contributed by atoms with Gasteiger partial charge in [-0.05, 0) is 23.8 Å². The fraction of sp³-hybridized carbons (Fsp3) is 0.316. The highest BCUT2D eigenvalue weighted by atomic mass is 16.5. The summed E-state index contributed by atoms with van der Waals surface area (Å²) < 4.78 is 6.06. The maximum absolute atomic E-state index is 12.2. The van der Waals surface area contributed by atoms with Gasteiger partial charge >= 0.3 is 0 Å². The summed E-state index contributed by atoms with van der Waals surface area (Å²) in [6.45, 7) is 5.10. The number of hydrogen-bond donors (Lipinski definition) is 2. The van der Waals surface area contributed by atoms with Gasteiger partial charge in [0.25, 0.3) is 0 Å². The number of Topliss-reactive ketones (excluding diaryl/α,β-unsaturated/α-hetero) is 1. The van der Waals surface area contributed by atoms with Crippen molar-refractivity contribution in [1.29, 1.82) is 0 Å². The second-order valence-electron chi connectivity index (χ2n) is 6.07. The Morgan fingerprint density at radius 3 is 2.78 bits per heavy atom. The fourth-order valence-electron chi connectivity index (χ4n) is 2.59. The van der Waals surface area contributed by atoms with Gasteiger partial charge in [-0.1, -0.05) is 44.2 Å². The van der Waals surface area contributed by atoms with Crippen molar-refractivity contribution in [1.82, 2.24) is 5.32 Å². The zero-order valence-electron chi connectivity index (χ0n) is 13.5. The van der Waals surface area contributed by atoms with E-state index in [1.807, 2.05) is 50.2 Å². The van der Waals surface area contributed by atoms with Crippen molar-refractivity contribution < 1.29 is 9.53 Å². The summed E-state index contributed by atoms with van der Waals surface area (Å²) in [4.78, 5) is 12.2. The Labute approximate surface area is 136 Å². The first kappa shape index (κ1) is 15.6. The van der Waals surface area contributed by atoms with E-state index in [1.54, 1.807) is 0 Å². The molecule has 0 amide bonds. The van der Waals surface area contributed by atoms with Crippen LogP contribution in [0.15, 0.2) is 48.5 Å². The molecule has 2 aromatic rings. The second kappa shape index (κ2) is 6.84. The maximum atomic E-state index is 12.2. The van der Waals surface area contributed by atoms with Crippen LogP contribution in [0.3, 0.4) is 0 Å². The van der Waals surface area contributed by atoms with Crippen molar-refractivity contribution in [2.24, 2.45) is 0 Å². The van der Waals surface area contributed by atoms with E-state index >= 15 is 0 Å². The van der Waals surface area contributed by atoms with Gasteiger partial charge in [-0.3, -0.25) is 4.79 Å². The van der Waals surface area contributed by atoms with E-state index < -0.39 is 0 Å². The van der Waals surface area contributed by atoms with Crippen molar-refractivity contribution in [2.45, 2.75) is 26.0 Å². The molecule has 2 N–H and O–H groups in total. The number of carbonyl (C=O) groups excluding carboxylic acids is 1. The van der Waals surface area contributed by atoms with Gasteiger partial charge < -0.3 is 15.4 Å². The number of hydrogen-bond acceptors (Lipinski definition) is 4. The molecule has 1 aliphatic heterocycles. The minimum atomic E-state index is -0.00661. The molecule has 4 nitrogen and oxygen atoms in total. The van der Waals surface area contributed by atoms with E-state index in [9.17, 15) is 4.79 Å². The summed E-state index contributed by atoms with van der Waals surface area (Å²) in [5.74, 6) is 0.881. The second-order valence-corrected chi connectivity index (χ2v) is 6.07. The first-order chi connectivity index (χ1) is 11.1. The van der Waals surface area contributed by atoms with Gasteiger partial charge in [0, 0.05) is 11.6 Å². The molecule has 0 fully saturated rings. The average molecular weight is 310 g/mol. The van der Waals surface area contributed by atoms with Crippen LogP contribution in [-0.2, 0) is 0 Å². The molecule has 3 rings (SSSR count). The predicted molar refractivity (Wildman–Crippen MR) is 92.2 cm³/mol. The van der Waals surface area contributed by atoms with Crippen LogP contribution in [0, 0.1) is 0 Å². The Morgan fingerprint density at radius 1 is 1.26 bits per heavy atom. The normalized spacial score (nSPS) is 16.4. The topological polar surface area (TPSA) is 50.4 Å². The smallest absolute Gasteiger partial charge is 0.176 e. The molecule has 0 aromatic heterocycles. The molecule has 120 valence electrons. The lowest BCUT2D eigenvalue weighted by molar-refractivity contribution is 0.0988. The molecular weight excluding hydrogens is 288 g/mol. The van der Waals surface area contributed by atoms with Crippen LogP contribution in [0.2, 0.25) is 0 Å². The van der Waals surface area contributed by atoms with E-state index in [-0.39, 0.29) is 11.9 Å². The van der Waals surface area contributed by atoms with Crippen molar-refractivity contribution >= 4 is 11.5 Å². The van der Waals surface area contributed by atoms with E-state index in [0.29, 0.717) is 24.7 Å². The van der Waals surface area contributed by atoms with Crippen LogP contribution in [-0.4, -0.2) is 24.9 Å². The molecule has 1 atom stereocenters. The van der Waals surface area contributed by atoms with Crippen molar-refractivity contribution in [3.8, 4) is 5.75 Å². The first-order valence-electron chi connectivity index (χ1n) is 7.99. The van der Waals surface area contributed by atoms with Gasteiger partial charge in [-0.15, -0.1) is 0 Å². The molecule has 0 aliphatic carbocycles. The number of nitrogens with one attached hydrogen (secondary N) is 2. The molecule has 2 aromatic carbocycles. The number of anilines is 1. The predicted octanol–water partition coefficient (Wildman–Crippen LogP) is 3.41. The number of fused-ring (bicyclic) bond motifs is 1. The first-order valence-corrected chi connectivity index (χ1v) is 7.99. The Kier molecular flexibility index (Phi) is 4.63. The number of ketones is 1. The third-order valence-corrected chi connectivity index (χ3v) is 3.89. The van der Waals surface area contributed by atoms with E-state index in [0.717, 1.165) is 17.0 Å². The van der Waals surface area contributed by atoms with E-state index in [2.05, 4.69) is 22.8 Å². The average Bonchev–Trinajstić information content (AvgIpc) is 2.59. The van der Waals surface area contributed by atoms with Crippen LogP contribution >= 0.6 is 0 Å². The maximum Gasteiger partial charge on any atom is 0.176 e. The SMILES string of the molecule is CC(C)NCC(=O)c1ccc2c(c1)NCC(c1ccccc1)O2. The fourth-order valence-corrected chi connectivity index (χ4v) is 2.59. The van der Waals surface area contributed by atoms with Crippen LogP contribution in [0.1, 0.15) is 35.9 Å².